The molecular weight excluding hydrogens is 543 g/mol. The van der Waals surface area contributed by atoms with Gasteiger partial charge in [0, 0.05) is 21.8 Å². The van der Waals surface area contributed by atoms with Crippen molar-refractivity contribution in [2.45, 2.75) is 32.0 Å². The number of hydrogen-bond donors (Lipinski definition) is 0. The fourth-order valence-electron chi connectivity index (χ4n) is 3.76. The van der Waals surface area contributed by atoms with Gasteiger partial charge in [0.2, 0.25) is 5.88 Å². The summed E-state index contributed by atoms with van der Waals surface area (Å²) < 4.78 is 60.8. The van der Waals surface area contributed by atoms with Gasteiger partial charge >= 0.3 is 35.7 Å². The van der Waals surface area contributed by atoms with Gasteiger partial charge in [-0.05, 0) is 60.7 Å². The van der Waals surface area contributed by atoms with E-state index < -0.39 is 23.5 Å². The molecule has 0 radical (unpaired) electrons. The predicted molar refractivity (Wildman–Crippen MR) is 117 cm³/mol. The van der Waals surface area contributed by atoms with E-state index in [1.807, 2.05) is 0 Å². The van der Waals surface area contributed by atoms with E-state index in [0.717, 1.165) is 6.07 Å². The van der Waals surface area contributed by atoms with Crippen molar-refractivity contribution in [3.63, 3.8) is 0 Å². The topological polar surface area (TPSA) is 75.1 Å². The molecule has 1 aliphatic carbocycles. The van der Waals surface area contributed by atoms with E-state index in [0.29, 0.717) is 46.8 Å². The molecule has 0 bridgehead atoms. The normalized spacial score (nSPS) is 13.5. The Balaban J connectivity index is 0.00000342. The molecule has 0 fully saturated rings. The van der Waals surface area contributed by atoms with E-state index in [2.05, 4.69) is 25.9 Å². The van der Waals surface area contributed by atoms with Gasteiger partial charge in [-0.2, -0.15) is 13.2 Å². The van der Waals surface area contributed by atoms with Gasteiger partial charge in [0.05, 0.1) is 22.9 Å². The van der Waals surface area contributed by atoms with Gasteiger partial charge in [0.15, 0.2) is 0 Å². The van der Waals surface area contributed by atoms with Gasteiger partial charge in [0.1, 0.15) is 12.4 Å². The Morgan fingerprint density at radius 2 is 1.86 bits per heavy atom. The van der Waals surface area contributed by atoms with Gasteiger partial charge in [-0.15, -0.1) is 0 Å². The summed E-state index contributed by atoms with van der Waals surface area (Å²) in [6.45, 7) is -0.245. The molecule has 1 aliphatic rings. The number of carboxylic acids is 1. The van der Waals surface area contributed by atoms with Gasteiger partial charge in [-0.1, -0.05) is 28.1 Å². The van der Waals surface area contributed by atoms with Crippen molar-refractivity contribution >= 4 is 33.0 Å². The van der Waals surface area contributed by atoms with Crippen LogP contribution in [0, 0.1) is 5.82 Å². The molecular formula is C24H16BrF4N2NaO3. The Labute approximate surface area is 228 Å². The summed E-state index contributed by atoms with van der Waals surface area (Å²) in [5.74, 6) is -2.07. The number of pyridine rings is 2. The maximum Gasteiger partial charge on any atom is 1.00 e. The first kappa shape index (κ1) is 27.3. The number of nitrogens with zero attached hydrogens (tertiary/aromatic N) is 2. The second kappa shape index (κ2) is 11.2. The number of carboxylic acid groups (broad SMARTS) is 1. The molecule has 2 heterocycles. The standard InChI is InChI=1S/C24H17BrF4N2O3.Na/c25-15-8-7-13(19(26)10-15)12-34-22-18(9-14(11-30-22)24(27,28)29)16-3-1-4-17(16)20-5-2-6-21(31-20)23(32)33;/h2,5-11H,1,3-4,12H2,(H,32,33);/q;+1/p-1. The van der Waals surface area contributed by atoms with Crippen molar-refractivity contribution in [2.24, 2.45) is 0 Å². The molecule has 3 aromatic rings. The molecule has 2 aromatic heterocycles. The van der Waals surface area contributed by atoms with Gasteiger partial charge in [-0.3, -0.25) is 0 Å². The van der Waals surface area contributed by atoms with Crippen molar-refractivity contribution in [2.75, 3.05) is 0 Å². The van der Waals surface area contributed by atoms with Crippen molar-refractivity contribution in [1.29, 1.82) is 0 Å². The van der Waals surface area contributed by atoms with Crippen LogP contribution < -0.4 is 39.4 Å². The Morgan fingerprint density at radius 3 is 2.54 bits per heavy atom. The fourth-order valence-corrected chi connectivity index (χ4v) is 4.10. The zero-order valence-corrected chi connectivity index (χ0v) is 22.0. The number of ether oxygens (including phenoxy) is 1. The van der Waals surface area contributed by atoms with E-state index in [1.165, 1.54) is 24.3 Å². The molecule has 0 spiro atoms. The summed E-state index contributed by atoms with van der Waals surface area (Å²) in [4.78, 5) is 19.2. The fraction of sp³-hybridized carbons (Fsp3) is 0.208. The summed E-state index contributed by atoms with van der Waals surface area (Å²) >= 11 is 3.17. The second-order valence-electron chi connectivity index (χ2n) is 7.61. The van der Waals surface area contributed by atoms with Crippen LogP contribution in [-0.4, -0.2) is 15.9 Å². The minimum absolute atomic E-state index is 0. The number of alkyl halides is 3. The number of carbonyl (C=O) groups excluding carboxylic acids is 1. The molecule has 0 amide bonds. The number of aromatic nitrogens is 2. The third-order valence-electron chi connectivity index (χ3n) is 5.37. The van der Waals surface area contributed by atoms with E-state index in [9.17, 15) is 27.5 Å². The smallest absolute Gasteiger partial charge is 0.543 e. The molecule has 5 nitrogen and oxygen atoms in total. The number of allylic oxidation sites excluding steroid dienone is 2. The van der Waals surface area contributed by atoms with Crippen LogP contribution >= 0.6 is 15.9 Å². The molecule has 0 N–H and O–H groups in total. The molecule has 0 saturated carbocycles. The number of rotatable bonds is 6. The average molecular weight is 559 g/mol. The molecule has 1 aromatic carbocycles. The summed E-state index contributed by atoms with van der Waals surface area (Å²) in [5.41, 5.74) is 0.536. The molecule has 35 heavy (non-hydrogen) atoms. The maximum atomic E-state index is 14.2. The SMILES string of the molecule is O=C([O-])c1cccc(C2=C(c3cc(C(F)(F)F)cnc3OCc3ccc(Br)cc3F)CCC2)n1.[Na+]. The number of hydrogen-bond acceptors (Lipinski definition) is 5. The van der Waals surface area contributed by atoms with Crippen LogP contribution in [0.5, 0.6) is 5.88 Å². The molecule has 0 unspecified atom stereocenters. The first-order valence-electron chi connectivity index (χ1n) is 10.2. The van der Waals surface area contributed by atoms with E-state index >= 15 is 0 Å². The molecule has 0 atom stereocenters. The minimum Gasteiger partial charge on any atom is -0.543 e. The Morgan fingerprint density at radius 1 is 1.11 bits per heavy atom. The quantitative estimate of drug-likeness (QED) is 0.343. The minimum atomic E-state index is -4.63. The van der Waals surface area contributed by atoms with Gasteiger partial charge < -0.3 is 14.6 Å². The Hall–Kier alpha value is -2.27. The zero-order valence-electron chi connectivity index (χ0n) is 18.5. The average Bonchev–Trinajstić information content (AvgIpc) is 3.27. The summed E-state index contributed by atoms with van der Waals surface area (Å²) in [7, 11) is 0. The van der Waals surface area contributed by atoms with Crippen LogP contribution in [0.15, 0.2) is 53.1 Å². The first-order chi connectivity index (χ1) is 16.1. The summed E-state index contributed by atoms with van der Waals surface area (Å²) in [5, 5.41) is 11.2. The number of halogens is 5. The Kier molecular flexibility index (Phi) is 8.74. The van der Waals surface area contributed by atoms with Crippen molar-refractivity contribution in [3.8, 4) is 5.88 Å². The van der Waals surface area contributed by atoms with Crippen molar-refractivity contribution in [3.05, 3.63) is 87.0 Å². The van der Waals surface area contributed by atoms with E-state index in [4.69, 9.17) is 4.74 Å². The summed E-state index contributed by atoms with van der Waals surface area (Å²) in [6, 6.07) is 9.69. The molecule has 4 rings (SSSR count). The Bertz CT molecular complexity index is 1300. The predicted octanol–water partition coefficient (Wildman–Crippen LogP) is 2.44. The molecule has 0 saturated heterocycles. The first-order valence-corrected chi connectivity index (χ1v) is 11.0. The van der Waals surface area contributed by atoms with Crippen LogP contribution in [0.4, 0.5) is 17.6 Å². The van der Waals surface area contributed by atoms with Crippen molar-refractivity contribution < 1.29 is 61.8 Å². The monoisotopic (exact) mass is 558 g/mol. The van der Waals surface area contributed by atoms with Crippen LogP contribution in [0.2, 0.25) is 0 Å². The van der Waals surface area contributed by atoms with Crippen LogP contribution in [0.1, 0.15) is 52.1 Å². The third kappa shape index (κ3) is 6.30. The molecule has 176 valence electrons. The van der Waals surface area contributed by atoms with Gasteiger partial charge in [0.25, 0.3) is 0 Å². The van der Waals surface area contributed by atoms with Crippen molar-refractivity contribution in [1.82, 2.24) is 9.97 Å². The van der Waals surface area contributed by atoms with Crippen LogP contribution in [0.25, 0.3) is 11.1 Å². The largest absolute Gasteiger partial charge is 1.00 e. The van der Waals surface area contributed by atoms with Crippen LogP contribution in [0.3, 0.4) is 0 Å². The maximum absolute atomic E-state index is 14.2. The van der Waals surface area contributed by atoms with E-state index in [1.54, 1.807) is 12.1 Å². The third-order valence-corrected chi connectivity index (χ3v) is 5.86. The van der Waals surface area contributed by atoms with Crippen LogP contribution in [-0.2, 0) is 12.8 Å². The van der Waals surface area contributed by atoms with E-state index in [-0.39, 0.29) is 58.9 Å². The zero-order chi connectivity index (χ0) is 24.5. The summed E-state index contributed by atoms with van der Waals surface area (Å²) in [6.07, 6.45) is -2.45. The number of aromatic carboxylic acids is 1. The number of carbonyl (C=O) groups is 1. The number of benzene rings is 1. The second-order valence-corrected chi connectivity index (χ2v) is 8.52. The molecule has 0 aliphatic heterocycles. The van der Waals surface area contributed by atoms with Gasteiger partial charge in [-0.25, -0.2) is 14.4 Å². The molecule has 11 heteroatoms.